The largest absolute Gasteiger partial charge is 0.488 e. The summed E-state index contributed by atoms with van der Waals surface area (Å²) in [5.41, 5.74) is 1.55. The second-order valence-corrected chi connectivity index (χ2v) is 6.36. The lowest BCUT2D eigenvalue weighted by molar-refractivity contribution is 0.306. The predicted molar refractivity (Wildman–Crippen MR) is 104 cm³/mol. The topological polar surface area (TPSA) is 55.0 Å². The van der Waals surface area contributed by atoms with Crippen LogP contribution < -0.4 is 10.3 Å². The number of hydrogen-bond acceptors (Lipinski definition) is 3. The van der Waals surface area contributed by atoms with Gasteiger partial charge in [-0.2, -0.15) is 0 Å². The highest BCUT2D eigenvalue weighted by Crippen LogP contribution is 2.30. The number of rotatable bonds is 4. The third-order valence-electron chi connectivity index (χ3n) is 4.15. The SMILES string of the molecule is O=c1[nH]c(-c2ccc(F)cc2OCc2ccccc2Cl)nc2ccccc12. The molecule has 0 bridgehead atoms. The summed E-state index contributed by atoms with van der Waals surface area (Å²) in [6, 6.07) is 18.4. The molecule has 0 atom stereocenters. The summed E-state index contributed by atoms with van der Waals surface area (Å²) >= 11 is 6.15. The number of benzene rings is 3. The molecule has 27 heavy (non-hydrogen) atoms. The average Bonchev–Trinajstić information content (AvgIpc) is 2.67. The quantitative estimate of drug-likeness (QED) is 0.544. The summed E-state index contributed by atoms with van der Waals surface area (Å²) < 4.78 is 19.6. The molecule has 0 aliphatic rings. The zero-order chi connectivity index (χ0) is 18.8. The lowest BCUT2D eigenvalue weighted by Crippen LogP contribution is -2.10. The van der Waals surface area contributed by atoms with E-state index in [2.05, 4.69) is 9.97 Å². The van der Waals surface area contributed by atoms with Gasteiger partial charge in [-0.3, -0.25) is 4.79 Å². The maximum atomic E-state index is 13.8. The summed E-state index contributed by atoms with van der Waals surface area (Å²) in [7, 11) is 0. The first kappa shape index (κ1) is 17.2. The zero-order valence-corrected chi connectivity index (χ0v) is 14.8. The number of H-pyrrole nitrogens is 1. The Morgan fingerprint density at radius 2 is 1.81 bits per heavy atom. The van der Waals surface area contributed by atoms with Crippen molar-refractivity contribution in [1.82, 2.24) is 9.97 Å². The van der Waals surface area contributed by atoms with Crippen molar-refractivity contribution >= 4 is 22.5 Å². The van der Waals surface area contributed by atoms with Crippen molar-refractivity contribution in [2.75, 3.05) is 0 Å². The number of fused-ring (bicyclic) bond motifs is 1. The monoisotopic (exact) mass is 380 g/mol. The van der Waals surface area contributed by atoms with Gasteiger partial charge >= 0.3 is 0 Å². The molecule has 0 saturated heterocycles. The molecule has 0 spiro atoms. The van der Waals surface area contributed by atoms with Crippen LogP contribution in [-0.2, 0) is 6.61 Å². The second-order valence-electron chi connectivity index (χ2n) is 5.95. The first-order chi connectivity index (χ1) is 13.1. The van der Waals surface area contributed by atoms with Gasteiger partial charge in [0.25, 0.3) is 5.56 Å². The molecule has 4 nitrogen and oxygen atoms in total. The van der Waals surface area contributed by atoms with Gasteiger partial charge in [-0.05, 0) is 30.3 Å². The van der Waals surface area contributed by atoms with Crippen LogP contribution in [0.15, 0.2) is 71.5 Å². The number of para-hydroxylation sites is 1. The van der Waals surface area contributed by atoms with Crippen molar-refractivity contribution in [2.45, 2.75) is 6.61 Å². The molecule has 4 aromatic rings. The van der Waals surface area contributed by atoms with Crippen LogP contribution in [0.1, 0.15) is 5.56 Å². The van der Waals surface area contributed by atoms with E-state index in [1.165, 1.54) is 18.2 Å². The maximum absolute atomic E-state index is 13.8. The van der Waals surface area contributed by atoms with Gasteiger partial charge in [0.1, 0.15) is 24.0 Å². The number of aromatic amines is 1. The minimum atomic E-state index is -0.448. The van der Waals surface area contributed by atoms with Crippen molar-refractivity contribution in [3.05, 3.63) is 93.5 Å². The molecule has 0 amide bonds. The molecule has 4 rings (SSSR count). The van der Waals surface area contributed by atoms with Crippen molar-refractivity contribution in [1.29, 1.82) is 0 Å². The minimum absolute atomic E-state index is 0.161. The van der Waals surface area contributed by atoms with Gasteiger partial charge in [0.2, 0.25) is 0 Å². The van der Waals surface area contributed by atoms with E-state index >= 15 is 0 Å². The Kier molecular flexibility index (Phi) is 4.60. The summed E-state index contributed by atoms with van der Waals surface area (Å²) in [5.74, 6) is 0.136. The highest BCUT2D eigenvalue weighted by atomic mass is 35.5. The van der Waals surface area contributed by atoms with E-state index in [1.54, 1.807) is 30.3 Å². The van der Waals surface area contributed by atoms with Crippen LogP contribution >= 0.6 is 11.6 Å². The first-order valence-electron chi connectivity index (χ1n) is 8.27. The third kappa shape index (κ3) is 3.55. The number of nitrogens with zero attached hydrogens (tertiary/aromatic N) is 1. The van der Waals surface area contributed by atoms with Crippen LogP contribution in [0.3, 0.4) is 0 Å². The van der Waals surface area contributed by atoms with E-state index in [4.69, 9.17) is 16.3 Å². The van der Waals surface area contributed by atoms with Gasteiger partial charge in [-0.15, -0.1) is 0 Å². The van der Waals surface area contributed by atoms with Crippen molar-refractivity contribution in [3.8, 4) is 17.1 Å². The van der Waals surface area contributed by atoms with Crippen LogP contribution in [0.4, 0.5) is 4.39 Å². The van der Waals surface area contributed by atoms with Gasteiger partial charge < -0.3 is 9.72 Å². The molecule has 1 heterocycles. The van der Waals surface area contributed by atoms with Crippen molar-refractivity contribution in [3.63, 3.8) is 0 Å². The fourth-order valence-electron chi connectivity index (χ4n) is 2.80. The Balaban J connectivity index is 1.76. The Hall–Kier alpha value is -3.18. The highest BCUT2D eigenvalue weighted by Gasteiger charge is 2.13. The van der Waals surface area contributed by atoms with Gasteiger partial charge in [0, 0.05) is 16.7 Å². The van der Waals surface area contributed by atoms with E-state index < -0.39 is 5.82 Å². The molecule has 0 aliphatic heterocycles. The summed E-state index contributed by atoms with van der Waals surface area (Å²) in [5, 5.41) is 1.05. The Morgan fingerprint density at radius 3 is 2.67 bits per heavy atom. The molecule has 1 N–H and O–H groups in total. The number of aromatic nitrogens is 2. The molecular weight excluding hydrogens is 367 g/mol. The van der Waals surface area contributed by atoms with E-state index in [1.807, 2.05) is 18.2 Å². The van der Waals surface area contributed by atoms with Crippen molar-refractivity contribution < 1.29 is 9.13 Å². The average molecular weight is 381 g/mol. The first-order valence-corrected chi connectivity index (χ1v) is 8.65. The lowest BCUT2D eigenvalue weighted by atomic mass is 10.1. The van der Waals surface area contributed by atoms with Gasteiger partial charge in [0.05, 0.1) is 16.5 Å². The number of halogens is 2. The molecule has 0 radical (unpaired) electrons. The van der Waals surface area contributed by atoms with E-state index in [-0.39, 0.29) is 17.9 Å². The van der Waals surface area contributed by atoms with E-state index in [9.17, 15) is 9.18 Å². The van der Waals surface area contributed by atoms with Crippen LogP contribution in [-0.4, -0.2) is 9.97 Å². The molecule has 0 saturated carbocycles. The Bertz CT molecular complexity index is 1190. The molecule has 134 valence electrons. The van der Waals surface area contributed by atoms with Crippen LogP contribution in [0.25, 0.3) is 22.3 Å². The molecule has 0 unspecified atom stereocenters. The van der Waals surface area contributed by atoms with Gasteiger partial charge in [-0.25, -0.2) is 9.37 Å². The molecular formula is C21H14ClFN2O2. The number of hydrogen-bond donors (Lipinski definition) is 1. The smallest absolute Gasteiger partial charge is 0.259 e. The summed E-state index contributed by atoms with van der Waals surface area (Å²) in [6.45, 7) is 0.161. The summed E-state index contributed by atoms with van der Waals surface area (Å²) in [4.78, 5) is 19.6. The van der Waals surface area contributed by atoms with Gasteiger partial charge in [0.15, 0.2) is 0 Å². The molecule has 1 aromatic heterocycles. The fraction of sp³-hybridized carbons (Fsp3) is 0.0476. The standard InChI is InChI=1S/C21H14ClFN2O2/c22-17-7-3-1-5-13(17)12-27-19-11-14(23)9-10-16(19)20-24-18-8-4-2-6-15(18)21(26)25-20/h1-11H,12H2,(H,24,25,26). The van der Waals surface area contributed by atoms with Crippen molar-refractivity contribution in [2.24, 2.45) is 0 Å². The number of ether oxygens (including phenoxy) is 1. The Morgan fingerprint density at radius 1 is 1.04 bits per heavy atom. The molecule has 3 aromatic carbocycles. The molecule has 6 heteroatoms. The number of nitrogens with one attached hydrogen (secondary N) is 1. The van der Waals surface area contributed by atoms with Crippen LogP contribution in [0, 0.1) is 5.82 Å². The summed E-state index contributed by atoms with van der Waals surface area (Å²) in [6.07, 6.45) is 0. The second kappa shape index (κ2) is 7.21. The minimum Gasteiger partial charge on any atom is -0.488 e. The lowest BCUT2D eigenvalue weighted by Gasteiger charge is -2.12. The van der Waals surface area contributed by atoms with E-state index in [0.717, 1.165) is 5.56 Å². The highest BCUT2D eigenvalue weighted by molar-refractivity contribution is 6.31. The Labute approximate surface area is 159 Å². The fourth-order valence-corrected chi connectivity index (χ4v) is 2.99. The van der Waals surface area contributed by atoms with Crippen LogP contribution in [0.2, 0.25) is 5.02 Å². The third-order valence-corrected chi connectivity index (χ3v) is 4.52. The van der Waals surface area contributed by atoms with E-state index in [0.29, 0.717) is 27.3 Å². The normalized spacial score (nSPS) is 10.9. The zero-order valence-electron chi connectivity index (χ0n) is 14.1. The van der Waals surface area contributed by atoms with Gasteiger partial charge in [-0.1, -0.05) is 41.9 Å². The van der Waals surface area contributed by atoms with Crippen LogP contribution in [0.5, 0.6) is 5.75 Å². The predicted octanol–water partition coefficient (Wildman–Crippen LogP) is 4.96. The molecule has 0 aliphatic carbocycles. The molecule has 0 fully saturated rings. The maximum Gasteiger partial charge on any atom is 0.259 e.